The topological polar surface area (TPSA) is 121 Å². The van der Waals surface area contributed by atoms with Gasteiger partial charge in [-0.15, -0.1) is 0 Å². The van der Waals surface area contributed by atoms with Crippen LogP contribution in [0.1, 0.15) is 30.7 Å². The molecule has 4 rings (SSSR count). The van der Waals surface area contributed by atoms with Gasteiger partial charge in [0.2, 0.25) is 23.5 Å². The number of H-pyrrole nitrogens is 1. The maximum atomic E-state index is 12.5. The van der Waals surface area contributed by atoms with E-state index in [2.05, 4.69) is 37.5 Å². The van der Waals surface area contributed by atoms with Crippen LogP contribution in [0.2, 0.25) is 0 Å². The Morgan fingerprint density at radius 2 is 1.68 bits per heavy atom. The van der Waals surface area contributed by atoms with Crippen molar-refractivity contribution >= 4 is 11.8 Å². The Kier molecular flexibility index (Phi) is 6.65. The first-order valence-electron chi connectivity index (χ1n) is 10.5. The van der Waals surface area contributed by atoms with Crippen molar-refractivity contribution in [2.75, 3.05) is 26.2 Å². The number of aryl methyl sites for hydroxylation is 2. The number of nitrogens with one attached hydrogen (secondary N) is 1. The molecule has 0 spiro atoms. The summed E-state index contributed by atoms with van der Waals surface area (Å²) in [7, 11) is 0. The van der Waals surface area contributed by atoms with Gasteiger partial charge in [-0.1, -0.05) is 35.5 Å². The van der Waals surface area contributed by atoms with Gasteiger partial charge < -0.3 is 14.3 Å². The quantitative estimate of drug-likeness (QED) is 0.582. The molecule has 1 fully saturated rings. The molecule has 0 radical (unpaired) electrons. The smallest absolute Gasteiger partial charge is 0.239 e. The minimum absolute atomic E-state index is 0.0237. The van der Waals surface area contributed by atoms with Gasteiger partial charge in [0.1, 0.15) is 6.33 Å². The lowest BCUT2D eigenvalue weighted by atomic mass is 10.1. The van der Waals surface area contributed by atoms with Gasteiger partial charge in [-0.25, -0.2) is 4.98 Å². The van der Waals surface area contributed by atoms with E-state index in [9.17, 15) is 9.59 Å². The van der Waals surface area contributed by atoms with E-state index in [1.54, 1.807) is 4.90 Å². The van der Waals surface area contributed by atoms with Gasteiger partial charge in [0, 0.05) is 45.4 Å². The molecule has 3 heterocycles. The number of aromatic amines is 1. The van der Waals surface area contributed by atoms with Gasteiger partial charge in [-0.05, 0) is 18.4 Å². The molecule has 0 atom stereocenters. The van der Waals surface area contributed by atoms with E-state index in [1.807, 2.05) is 23.1 Å². The maximum absolute atomic E-state index is 12.5. The molecular formula is C21H25N7O3. The highest BCUT2D eigenvalue weighted by atomic mass is 16.5. The number of carbonyl (C=O) groups excluding carboxylic acids is 2. The number of carbonyl (C=O) groups is 2. The molecule has 31 heavy (non-hydrogen) atoms. The fourth-order valence-corrected chi connectivity index (χ4v) is 3.59. The summed E-state index contributed by atoms with van der Waals surface area (Å²) in [5.41, 5.74) is 1.25. The molecule has 1 saturated heterocycles. The fraction of sp³-hybridized carbons (Fsp3) is 0.429. The zero-order chi connectivity index (χ0) is 21.5. The Morgan fingerprint density at radius 3 is 2.35 bits per heavy atom. The lowest BCUT2D eigenvalue weighted by Gasteiger charge is -2.35. The fourth-order valence-electron chi connectivity index (χ4n) is 3.59. The molecule has 3 aromatic rings. The molecule has 1 aliphatic rings. The van der Waals surface area contributed by atoms with Crippen molar-refractivity contribution in [2.24, 2.45) is 0 Å². The normalized spacial score (nSPS) is 14.1. The minimum Gasteiger partial charge on any atom is -0.339 e. The predicted molar refractivity (Wildman–Crippen MR) is 111 cm³/mol. The molecule has 2 aromatic heterocycles. The Bertz CT molecular complexity index is 980. The summed E-state index contributed by atoms with van der Waals surface area (Å²) < 4.78 is 5.17. The van der Waals surface area contributed by atoms with Crippen LogP contribution in [0.3, 0.4) is 0 Å². The van der Waals surface area contributed by atoms with Gasteiger partial charge in [-0.2, -0.15) is 10.1 Å². The lowest BCUT2D eigenvalue weighted by molar-refractivity contribution is -0.139. The van der Waals surface area contributed by atoms with E-state index in [-0.39, 0.29) is 18.2 Å². The number of benzene rings is 1. The predicted octanol–water partition coefficient (Wildman–Crippen LogP) is 1.48. The molecule has 2 amide bonds. The van der Waals surface area contributed by atoms with Crippen LogP contribution in [-0.4, -0.2) is 73.1 Å². The first kappa shape index (κ1) is 20.7. The highest BCUT2D eigenvalue weighted by molar-refractivity contribution is 5.78. The Labute approximate surface area is 179 Å². The molecule has 1 N–H and O–H groups in total. The Balaban J connectivity index is 1.16. The van der Waals surface area contributed by atoms with Crippen molar-refractivity contribution in [3.8, 4) is 11.6 Å². The summed E-state index contributed by atoms with van der Waals surface area (Å²) in [5.74, 6) is 1.31. The summed E-state index contributed by atoms with van der Waals surface area (Å²) in [6.07, 6.45) is 4.28. The van der Waals surface area contributed by atoms with Gasteiger partial charge in [0.25, 0.3) is 0 Å². The number of aromatic nitrogens is 5. The summed E-state index contributed by atoms with van der Waals surface area (Å²) in [5, 5.41) is 10.2. The molecule has 0 unspecified atom stereocenters. The number of amides is 2. The summed E-state index contributed by atoms with van der Waals surface area (Å²) >= 11 is 0. The van der Waals surface area contributed by atoms with Crippen LogP contribution in [0.5, 0.6) is 0 Å². The van der Waals surface area contributed by atoms with E-state index in [1.165, 1.54) is 11.9 Å². The monoisotopic (exact) mass is 423 g/mol. The molecule has 1 aromatic carbocycles. The molecule has 162 valence electrons. The van der Waals surface area contributed by atoms with Crippen LogP contribution in [0.25, 0.3) is 11.6 Å². The lowest BCUT2D eigenvalue weighted by Crippen LogP contribution is -2.50. The molecule has 1 aliphatic heterocycles. The summed E-state index contributed by atoms with van der Waals surface area (Å²) in [6, 6.07) is 10.2. The first-order chi connectivity index (χ1) is 15.2. The van der Waals surface area contributed by atoms with Crippen LogP contribution in [0.4, 0.5) is 0 Å². The molecule has 0 aliphatic carbocycles. The second kappa shape index (κ2) is 9.96. The van der Waals surface area contributed by atoms with Crippen LogP contribution in [-0.2, 0) is 22.4 Å². The second-order valence-electron chi connectivity index (χ2n) is 7.45. The molecule has 10 heteroatoms. The third kappa shape index (κ3) is 5.53. The van der Waals surface area contributed by atoms with Crippen LogP contribution in [0.15, 0.2) is 41.2 Å². The zero-order valence-corrected chi connectivity index (χ0v) is 17.2. The van der Waals surface area contributed by atoms with E-state index in [0.29, 0.717) is 56.6 Å². The van der Waals surface area contributed by atoms with E-state index in [0.717, 1.165) is 12.8 Å². The number of rotatable bonds is 8. The van der Waals surface area contributed by atoms with Crippen molar-refractivity contribution in [1.82, 2.24) is 35.1 Å². The summed E-state index contributed by atoms with van der Waals surface area (Å²) in [6.45, 7) is 2.25. The average Bonchev–Trinajstić information content (AvgIpc) is 3.50. The average molecular weight is 423 g/mol. The Hall–Kier alpha value is -3.56. The van der Waals surface area contributed by atoms with Gasteiger partial charge in [0.05, 0.1) is 0 Å². The van der Waals surface area contributed by atoms with E-state index in [4.69, 9.17) is 4.52 Å². The highest BCUT2D eigenvalue weighted by Crippen LogP contribution is 2.12. The van der Waals surface area contributed by atoms with Crippen molar-refractivity contribution in [2.45, 2.75) is 32.1 Å². The molecule has 10 nitrogen and oxygen atoms in total. The number of nitrogens with zero attached hydrogens (tertiary/aromatic N) is 6. The SMILES string of the molecule is O=C(CCCc1ccccc1)N1CCN(C(=O)CCc2nc(-c3ncn[nH]3)no2)CC1. The number of hydrogen-bond donors (Lipinski definition) is 1. The molecular weight excluding hydrogens is 398 g/mol. The van der Waals surface area contributed by atoms with Crippen LogP contribution < -0.4 is 0 Å². The van der Waals surface area contributed by atoms with E-state index < -0.39 is 0 Å². The zero-order valence-electron chi connectivity index (χ0n) is 17.2. The van der Waals surface area contributed by atoms with E-state index >= 15 is 0 Å². The van der Waals surface area contributed by atoms with Crippen LogP contribution in [0, 0.1) is 0 Å². The molecule has 0 saturated carbocycles. The standard InChI is InChI=1S/C21H25N7O3/c29-18(8-4-7-16-5-2-1-3-6-16)27-11-13-28(14-12-27)19(30)10-9-17-24-21(26-31-17)20-22-15-23-25-20/h1-3,5-6,15H,4,7-14H2,(H,22,23,25). The van der Waals surface area contributed by atoms with Crippen molar-refractivity contribution in [1.29, 1.82) is 0 Å². The number of hydrogen-bond acceptors (Lipinski definition) is 7. The van der Waals surface area contributed by atoms with Crippen LogP contribution >= 0.6 is 0 Å². The maximum Gasteiger partial charge on any atom is 0.239 e. The van der Waals surface area contributed by atoms with Crippen molar-refractivity contribution in [3.05, 3.63) is 48.1 Å². The third-order valence-corrected chi connectivity index (χ3v) is 5.33. The first-order valence-corrected chi connectivity index (χ1v) is 10.5. The Morgan fingerprint density at radius 1 is 0.968 bits per heavy atom. The minimum atomic E-state index is 0.0237. The van der Waals surface area contributed by atoms with Gasteiger partial charge in [-0.3, -0.25) is 14.7 Å². The largest absolute Gasteiger partial charge is 0.339 e. The molecule has 0 bridgehead atoms. The van der Waals surface area contributed by atoms with Gasteiger partial charge in [0.15, 0.2) is 5.82 Å². The third-order valence-electron chi connectivity index (χ3n) is 5.33. The number of piperazine rings is 1. The van der Waals surface area contributed by atoms with Gasteiger partial charge >= 0.3 is 0 Å². The highest BCUT2D eigenvalue weighted by Gasteiger charge is 2.24. The van der Waals surface area contributed by atoms with Crippen molar-refractivity contribution in [3.63, 3.8) is 0 Å². The summed E-state index contributed by atoms with van der Waals surface area (Å²) in [4.78, 5) is 36.8. The second-order valence-corrected chi connectivity index (χ2v) is 7.45. The van der Waals surface area contributed by atoms with Crippen molar-refractivity contribution < 1.29 is 14.1 Å².